The third-order valence-electron chi connectivity index (χ3n) is 3.79. The van der Waals surface area contributed by atoms with Gasteiger partial charge in [0.05, 0.1) is 0 Å². The number of carbonyl (C=O) groups excluding carboxylic acids is 1. The Morgan fingerprint density at radius 2 is 1.92 bits per heavy atom. The van der Waals surface area contributed by atoms with Crippen molar-refractivity contribution in [1.82, 2.24) is 15.0 Å². The van der Waals surface area contributed by atoms with Crippen molar-refractivity contribution in [2.75, 3.05) is 6.54 Å². The highest BCUT2D eigenvalue weighted by molar-refractivity contribution is 7.89. The van der Waals surface area contributed by atoms with Gasteiger partial charge in [-0.05, 0) is 36.1 Å². The van der Waals surface area contributed by atoms with Gasteiger partial charge in [-0.3, -0.25) is 9.78 Å². The van der Waals surface area contributed by atoms with Crippen LogP contribution < -0.4 is 10.0 Å². The summed E-state index contributed by atoms with van der Waals surface area (Å²) in [6.07, 6.45) is 3.94. The van der Waals surface area contributed by atoms with Gasteiger partial charge in [0.25, 0.3) is 0 Å². The minimum Gasteiger partial charge on any atom is -0.354 e. The van der Waals surface area contributed by atoms with Crippen molar-refractivity contribution in [3.63, 3.8) is 0 Å². The topological polar surface area (TPSA) is 88.2 Å². The normalized spacial score (nSPS) is 12.8. The van der Waals surface area contributed by atoms with Gasteiger partial charge in [0.2, 0.25) is 15.9 Å². The molecule has 26 heavy (non-hydrogen) atoms. The highest BCUT2D eigenvalue weighted by Gasteiger charge is 2.29. The lowest BCUT2D eigenvalue weighted by Crippen LogP contribution is -2.50. The summed E-state index contributed by atoms with van der Waals surface area (Å²) in [5.41, 5.74) is 0.959. The number of rotatable bonds is 8. The molecule has 0 saturated heterocycles. The Balaban J connectivity index is 2.03. The Labute approximate surface area is 152 Å². The van der Waals surface area contributed by atoms with Crippen LogP contribution in [0.3, 0.4) is 0 Å². The summed E-state index contributed by atoms with van der Waals surface area (Å²) in [7, 11) is -4.15. The Morgan fingerprint density at radius 3 is 2.54 bits per heavy atom. The summed E-state index contributed by atoms with van der Waals surface area (Å²) in [5.74, 6) is -1.63. The Hall–Kier alpha value is -2.32. The Morgan fingerprint density at radius 1 is 1.19 bits per heavy atom. The summed E-state index contributed by atoms with van der Waals surface area (Å²) < 4.78 is 41.0. The monoisotopic (exact) mass is 379 g/mol. The molecule has 8 heteroatoms. The fraction of sp³-hybridized carbons (Fsp3) is 0.333. The molecule has 2 rings (SSSR count). The molecule has 6 nitrogen and oxygen atoms in total. The molecular weight excluding hydrogens is 357 g/mol. The summed E-state index contributed by atoms with van der Waals surface area (Å²) in [5, 5.41) is 2.71. The maximum Gasteiger partial charge on any atom is 0.244 e. The van der Waals surface area contributed by atoms with Crippen LogP contribution in [0.5, 0.6) is 0 Å². The van der Waals surface area contributed by atoms with Gasteiger partial charge in [-0.25, -0.2) is 12.8 Å². The molecule has 2 aromatic rings. The van der Waals surface area contributed by atoms with Crippen LogP contribution in [0, 0.1) is 11.7 Å². The molecule has 1 amide bonds. The summed E-state index contributed by atoms with van der Waals surface area (Å²) >= 11 is 0. The average Bonchev–Trinajstić information content (AvgIpc) is 2.60. The lowest BCUT2D eigenvalue weighted by atomic mass is 10.0. The first-order chi connectivity index (χ1) is 12.3. The van der Waals surface area contributed by atoms with E-state index >= 15 is 0 Å². The van der Waals surface area contributed by atoms with Crippen molar-refractivity contribution in [2.45, 2.75) is 31.2 Å². The maximum absolute atomic E-state index is 13.8. The summed E-state index contributed by atoms with van der Waals surface area (Å²) in [6.45, 7) is 3.78. The van der Waals surface area contributed by atoms with E-state index in [1.165, 1.54) is 12.1 Å². The second kappa shape index (κ2) is 8.86. The number of hydrogen-bond donors (Lipinski definition) is 2. The first kappa shape index (κ1) is 20.0. The van der Waals surface area contributed by atoms with Crippen LogP contribution in [0.25, 0.3) is 0 Å². The van der Waals surface area contributed by atoms with E-state index < -0.39 is 32.7 Å². The van der Waals surface area contributed by atoms with Crippen LogP contribution in [0.2, 0.25) is 0 Å². The molecule has 0 saturated carbocycles. The summed E-state index contributed by atoms with van der Waals surface area (Å²) in [4.78, 5) is 15.9. The number of amides is 1. The minimum atomic E-state index is -4.15. The van der Waals surface area contributed by atoms with Gasteiger partial charge in [-0.15, -0.1) is 0 Å². The molecule has 0 aliphatic carbocycles. The molecule has 0 unspecified atom stereocenters. The number of carbonyl (C=O) groups is 1. The zero-order valence-electron chi connectivity index (χ0n) is 14.6. The minimum absolute atomic E-state index is 0.310. The summed E-state index contributed by atoms with van der Waals surface area (Å²) in [6, 6.07) is 7.74. The molecule has 0 radical (unpaired) electrons. The molecule has 1 heterocycles. The maximum atomic E-state index is 13.8. The molecular formula is C18H22FN3O3S. The predicted octanol–water partition coefficient (Wildman–Crippen LogP) is 1.88. The van der Waals surface area contributed by atoms with Gasteiger partial charge in [0.15, 0.2) is 0 Å². The number of benzene rings is 1. The number of nitrogens with one attached hydrogen (secondary N) is 2. The van der Waals surface area contributed by atoms with Crippen molar-refractivity contribution < 1.29 is 17.6 Å². The number of pyridine rings is 1. The van der Waals surface area contributed by atoms with Gasteiger partial charge in [0.1, 0.15) is 16.8 Å². The van der Waals surface area contributed by atoms with Gasteiger partial charge in [-0.1, -0.05) is 32.0 Å². The van der Waals surface area contributed by atoms with E-state index in [0.29, 0.717) is 13.0 Å². The van der Waals surface area contributed by atoms with Crippen molar-refractivity contribution in [1.29, 1.82) is 0 Å². The molecule has 1 atom stereocenters. The van der Waals surface area contributed by atoms with Gasteiger partial charge < -0.3 is 5.32 Å². The first-order valence-electron chi connectivity index (χ1n) is 8.24. The lowest BCUT2D eigenvalue weighted by molar-refractivity contribution is -0.123. The molecule has 1 aromatic heterocycles. The highest BCUT2D eigenvalue weighted by Crippen LogP contribution is 2.15. The van der Waals surface area contributed by atoms with Gasteiger partial charge in [-0.2, -0.15) is 4.72 Å². The molecule has 0 aliphatic heterocycles. The fourth-order valence-corrected chi connectivity index (χ4v) is 3.79. The largest absolute Gasteiger partial charge is 0.354 e. The fourth-order valence-electron chi connectivity index (χ4n) is 2.37. The van der Waals surface area contributed by atoms with E-state index in [1.54, 1.807) is 32.3 Å². The van der Waals surface area contributed by atoms with Crippen molar-refractivity contribution in [3.05, 3.63) is 60.2 Å². The standard InChI is InChI=1S/C18H22FN3O3S/c1-13(2)17(18(23)21-11-9-14-6-5-10-20-12-14)22-26(24,25)16-8-4-3-7-15(16)19/h3-8,10,12-13,17,22H,9,11H2,1-2H3,(H,21,23)/t17-/m0/s1. The van der Waals surface area contributed by atoms with Crippen molar-refractivity contribution in [2.24, 2.45) is 5.92 Å². The van der Waals surface area contributed by atoms with Crippen LogP contribution in [0.4, 0.5) is 4.39 Å². The van der Waals surface area contributed by atoms with Crippen molar-refractivity contribution >= 4 is 15.9 Å². The van der Waals surface area contributed by atoms with E-state index in [2.05, 4.69) is 15.0 Å². The smallest absolute Gasteiger partial charge is 0.244 e. The number of halogens is 1. The molecule has 1 aromatic carbocycles. The second-order valence-corrected chi connectivity index (χ2v) is 7.86. The molecule has 0 bridgehead atoms. The molecule has 0 aliphatic rings. The zero-order chi connectivity index (χ0) is 19.2. The van der Waals surface area contributed by atoms with E-state index in [-0.39, 0.29) is 5.92 Å². The Kier molecular flexibility index (Phi) is 6.82. The SMILES string of the molecule is CC(C)[C@H](NS(=O)(=O)c1ccccc1F)C(=O)NCCc1cccnc1. The van der Waals surface area contributed by atoms with E-state index in [9.17, 15) is 17.6 Å². The van der Waals surface area contributed by atoms with Gasteiger partial charge in [0, 0.05) is 18.9 Å². The van der Waals surface area contributed by atoms with Crippen LogP contribution >= 0.6 is 0 Å². The van der Waals surface area contributed by atoms with E-state index in [4.69, 9.17) is 0 Å². The Bertz CT molecular complexity index is 842. The van der Waals surface area contributed by atoms with Crippen LogP contribution in [0.15, 0.2) is 53.7 Å². The number of hydrogen-bond acceptors (Lipinski definition) is 4. The number of sulfonamides is 1. The van der Waals surface area contributed by atoms with Crippen LogP contribution in [-0.4, -0.2) is 31.9 Å². The zero-order valence-corrected chi connectivity index (χ0v) is 15.5. The molecule has 0 fully saturated rings. The number of aromatic nitrogens is 1. The van der Waals surface area contributed by atoms with Gasteiger partial charge >= 0.3 is 0 Å². The molecule has 0 spiro atoms. The van der Waals surface area contributed by atoms with Crippen molar-refractivity contribution in [3.8, 4) is 0 Å². The lowest BCUT2D eigenvalue weighted by Gasteiger charge is -2.21. The molecule has 2 N–H and O–H groups in total. The van der Waals surface area contributed by atoms with E-state index in [0.717, 1.165) is 17.7 Å². The second-order valence-electron chi connectivity index (χ2n) is 6.18. The van der Waals surface area contributed by atoms with E-state index in [1.807, 2.05) is 6.07 Å². The first-order valence-corrected chi connectivity index (χ1v) is 9.73. The quantitative estimate of drug-likeness (QED) is 0.733. The predicted molar refractivity (Wildman–Crippen MR) is 96.3 cm³/mol. The third-order valence-corrected chi connectivity index (χ3v) is 5.27. The molecule has 140 valence electrons. The third kappa shape index (κ3) is 5.34. The van der Waals surface area contributed by atoms with Crippen LogP contribution in [-0.2, 0) is 21.2 Å². The highest BCUT2D eigenvalue weighted by atomic mass is 32.2. The number of nitrogens with zero attached hydrogens (tertiary/aromatic N) is 1. The van der Waals surface area contributed by atoms with Crippen LogP contribution in [0.1, 0.15) is 19.4 Å². The average molecular weight is 379 g/mol.